The van der Waals surface area contributed by atoms with Crippen LogP contribution in [0.3, 0.4) is 0 Å². The molecule has 0 aliphatic carbocycles. The minimum Gasteiger partial charge on any atom is -0.429 e. The second-order valence-electron chi connectivity index (χ2n) is 6.30. The fourth-order valence-corrected chi connectivity index (χ4v) is 3.20. The van der Waals surface area contributed by atoms with Gasteiger partial charge in [-0.3, -0.25) is 0 Å². The van der Waals surface area contributed by atoms with E-state index in [1.807, 2.05) is 0 Å². The van der Waals surface area contributed by atoms with Crippen LogP contribution in [0.2, 0.25) is 0 Å². The van der Waals surface area contributed by atoms with Gasteiger partial charge in [0.1, 0.15) is 34.6 Å². The molecule has 0 saturated heterocycles. The third kappa shape index (κ3) is 5.03. The van der Waals surface area contributed by atoms with Crippen molar-refractivity contribution in [2.45, 2.75) is 6.11 Å². The molecule has 11 heteroatoms. The van der Waals surface area contributed by atoms with Crippen molar-refractivity contribution in [3.63, 3.8) is 0 Å². The smallest absolute Gasteiger partial charge is 0.429 e. The first-order valence-electron chi connectivity index (χ1n) is 8.42. The van der Waals surface area contributed by atoms with Crippen molar-refractivity contribution in [3.8, 4) is 5.75 Å². The maximum atomic E-state index is 14.3. The normalized spacial score (nSPS) is 11.9. The molecule has 32 heavy (non-hydrogen) atoms. The van der Waals surface area contributed by atoms with Crippen LogP contribution < -0.4 is 4.74 Å². The summed E-state index contributed by atoms with van der Waals surface area (Å²) in [5.41, 5.74) is -2.84. The van der Waals surface area contributed by atoms with Crippen molar-refractivity contribution >= 4 is 34.7 Å². The molecular formula is C21H8F9IO. The molecule has 0 saturated carbocycles. The molecule has 0 aliphatic heterocycles. The number of ether oxygens (including phenoxy) is 1. The molecule has 0 fully saturated rings. The van der Waals surface area contributed by atoms with Crippen LogP contribution in [0.5, 0.6) is 5.75 Å². The Hall–Kier alpha value is -2.70. The van der Waals surface area contributed by atoms with Gasteiger partial charge in [0.05, 0.1) is 0 Å². The Labute approximate surface area is 188 Å². The van der Waals surface area contributed by atoms with Crippen LogP contribution in [0.1, 0.15) is 16.7 Å². The predicted octanol–water partition coefficient (Wildman–Crippen LogP) is 7.56. The monoisotopic (exact) mass is 574 g/mol. The second-order valence-corrected chi connectivity index (χ2v) is 7.54. The van der Waals surface area contributed by atoms with Gasteiger partial charge in [-0.25, -0.2) is 30.7 Å². The van der Waals surface area contributed by atoms with E-state index in [1.54, 1.807) is 0 Å². The highest BCUT2D eigenvalue weighted by molar-refractivity contribution is 14.1. The van der Waals surface area contributed by atoms with Gasteiger partial charge in [-0.1, -0.05) is 6.08 Å². The van der Waals surface area contributed by atoms with Gasteiger partial charge in [-0.05, 0) is 58.5 Å². The van der Waals surface area contributed by atoms with Gasteiger partial charge in [0.15, 0.2) is 17.5 Å². The van der Waals surface area contributed by atoms with Crippen molar-refractivity contribution < 1.29 is 44.3 Å². The SMILES string of the molecule is Fc1cc(/C=C/c2c(F)cc(OC(F)(F)c3c(F)cc(I)cc3F)cc2F)cc(F)c1F. The molecule has 1 nitrogen and oxygen atoms in total. The molecule has 168 valence electrons. The van der Waals surface area contributed by atoms with Gasteiger partial charge in [-0.15, -0.1) is 0 Å². The summed E-state index contributed by atoms with van der Waals surface area (Å²) in [6.45, 7) is 0. The highest BCUT2D eigenvalue weighted by Crippen LogP contribution is 2.36. The van der Waals surface area contributed by atoms with E-state index in [0.29, 0.717) is 36.4 Å². The molecule has 0 amide bonds. The van der Waals surface area contributed by atoms with Crippen LogP contribution >= 0.6 is 22.6 Å². The van der Waals surface area contributed by atoms with Crippen molar-refractivity contribution in [1.29, 1.82) is 0 Å². The third-order valence-electron chi connectivity index (χ3n) is 4.05. The van der Waals surface area contributed by atoms with Gasteiger partial charge >= 0.3 is 6.11 Å². The van der Waals surface area contributed by atoms with Crippen LogP contribution in [0.15, 0.2) is 36.4 Å². The number of halogens is 10. The lowest BCUT2D eigenvalue weighted by atomic mass is 10.1. The molecule has 3 aromatic rings. The molecular weight excluding hydrogens is 566 g/mol. The first-order valence-corrected chi connectivity index (χ1v) is 9.50. The van der Waals surface area contributed by atoms with Crippen LogP contribution in [0, 0.1) is 44.3 Å². The molecule has 0 atom stereocenters. The average molecular weight is 574 g/mol. The zero-order valence-corrected chi connectivity index (χ0v) is 17.5. The van der Waals surface area contributed by atoms with E-state index in [9.17, 15) is 39.5 Å². The number of hydrogen-bond donors (Lipinski definition) is 0. The summed E-state index contributed by atoms with van der Waals surface area (Å²) in [7, 11) is 0. The average Bonchev–Trinajstić information content (AvgIpc) is 2.63. The summed E-state index contributed by atoms with van der Waals surface area (Å²) >= 11 is 1.50. The maximum Gasteiger partial charge on any atom is 0.432 e. The lowest BCUT2D eigenvalue weighted by molar-refractivity contribution is -0.189. The topological polar surface area (TPSA) is 9.23 Å². The molecule has 0 aliphatic rings. The summed E-state index contributed by atoms with van der Waals surface area (Å²) in [6, 6.07) is 3.01. The minimum absolute atomic E-state index is 0.00806. The Kier molecular flexibility index (Phi) is 6.77. The first-order chi connectivity index (χ1) is 14.9. The van der Waals surface area contributed by atoms with Gasteiger partial charge in [0.2, 0.25) is 0 Å². The number of alkyl halides is 2. The summed E-state index contributed by atoms with van der Waals surface area (Å²) in [4.78, 5) is 0. The Morgan fingerprint density at radius 2 is 1.16 bits per heavy atom. The van der Waals surface area contributed by atoms with Gasteiger partial charge in [-0.2, -0.15) is 8.78 Å². The van der Waals surface area contributed by atoms with E-state index >= 15 is 0 Å². The zero-order valence-electron chi connectivity index (χ0n) is 15.3. The van der Waals surface area contributed by atoms with Crippen LogP contribution in [-0.2, 0) is 6.11 Å². The summed E-state index contributed by atoms with van der Waals surface area (Å²) in [5, 5.41) is 0. The Balaban J connectivity index is 1.91. The van der Waals surface area contributed by atoms with Gasteiger partial charge in [0.25, 0.3) is 0 Å². The lowest BCUT2D eigenvalue weighted by Gasteiger charge is -2.20. The predicted molar refractivity (Wildman–Crippen MR) is 105 cm³/mol. The minimum atomic E-state index is -4.61. The number of benzene rings is 3. The van der Waals surface area contributed by atoms with Crippen molar-refractivity contribution in [1.82, 2.24) is 0 Å². The Bertz CT molecular complexity index is 1150. The van der Waals surface area contributed by atoms with E-state index in [1.165, 1.54) is 22.6 Å². The molecule has 0 bridgehead atoms. The molecule has 0 spiro atoms. The highest BCUT2D eigenvalue weighted by atomic mass is 127. The standard InChI is InChI=1S/C21H8F9IO/c22-13-7-11(32-21(29,30)19-15(24)5-10(31)6-16(19)25)8-14(23)12(13)2-1-9-3-17(26)20(28)18(27)4-9/h1-8H/b2-1+. The zero-order chi connectivity index (χ0) is 23.8. The lowest BCUT2D eigenvalue weighted by Crippen LogP contribution is -2.25. The number of rotatable bonds is 5. The van der Waals surface area contributed by atoms with E-state index < -0.39 is 63.7 Å². The Morgan fingerprint density at radius 1 is 0.656 bits per heavy atom. The van der Waals surface area contributed by atoms with Crippen LogP contribution in [0.25, 0.3) is 12.2 Å². The van der Waals surface area contributed by atoms with Crippen LogP contribution in [0.4, 0.5) is 39.5 Å². The quantitative estimate of drug-likeness (QED) is 0.132. The molecule has 0 heterocycles. The van der Waals surface area contributed by atoms with Crippen LogP contribution in [-0.4, -0.2) is 0 Å². The number of hydrogen-bond acceptors (Lipinski definition) is 1. The van der Waals surface area contributed by atoms with E-state index in [-0.39, 0.29) is 9.13 Å². The molecule has 3 aromatic carbocycles. The molecule has 0 N–H and O–H groups in total. The van der Waals surface area contributed by atoms with Crippen molar-refractivity contribution in [2.24, 2.45) is 0 Å². The second kappa shape index (κ2) is 9.04. The van der Waals surface area contributed by atoms with E-state index in [0.717, 1.165) is 12.2 Å². The summed E-state index contributed by atoms with van der Waals surface area (Å²) < 4.78 is 128. The summed E-state index contributed by atoms with van der Waals surface area (Å²) in [5.74, 6) is -12.0. The Morgan fingerprint density at radius 3 is 1.66 bits per heavy atom. The highest BCUT2D eigenvalue weighted by Gasteiger charge is 2.41. The largest absolute Gasteiger partial charge is 0.432 e. The fraction of sp³-hybridized carbons (Fsp3) is 0.0476. The third-order valence-corrected chi connectivity index (χ3v) is 4.67. The molecule has 0 radical (unpaired) electrons. The van der Waals surface area contributed by atoms with Crippen molar-refractivity contribution in [3.05, 3.63) is 97.4 Å². The maximum absolute atomic E-state index is 14.3. The molecule has 0 unspecified atom stereocenters. The van der Waals surface area contributed by atoms with Crippen molar-refractivity contribution in [2.75, 3.05) is 0 Å². The fourth-order valence-electron chi connectivity index (χ4n) is 2.65. The van der Waals surface area contributed by atoms with Gasteiger partial charge < -0.3 is 4.74 Å². The summed E-state index contributed by atoms with van der Waals surface area (Å²) in [6.07, 6.45) is -3.05. The van der Waals surface area contributed by atoms with Gasteiger partial charge in [0, 0.05) is 21.3 Å². The molecule has 0 aromatic heterocycles. The van der Waals surface area contributed by atoms with E-state index in [2.05, 4.69) is 4.74 Å². The first kappa shape index (κ1) is 24.0. The van der Waals surface area contributed by atoms with E-state index in [4.69, 9.17) is 0 Å². The molecule has 3 rings (SSSR count).